The fourth-order valence-electron chi connectivity index (χ4n) is 0.989. The average Bonchev–Trinajstić information content (AvgIpc) is 2.11. The molecule has 10 heavy (non-hydrogen) atoms. The SMILES string of the molecule is C[N+]1=NC(C(C)(C)C)CN1. The van der Waals surface area contributed by atoms with Crippen molar-refractivity contribution >= 4 is 0 Å². The zero-order valence-corrected chi connectivity index (χ0v) is 7.18. The van der Waals surface area contributed by atoms with Crippen molar-refractivity contribution in [2.24, 2.45) is 10.5 Å². The lowest BCUT2D eigenvalue weighted by molar-refractivity contribution is -0.609. The molecule has 0 bridgehead atoms. The van der Waals surface area contributed by atoms with Gasteiger partial charge in [-0.2, -0.15) is 5.43 Å². The second-order valence-electron chi connectivity index (χ2n) is 3.88. The minimum absolute atomic E-state index is 0.289. The highest BCUT2D eigenvalue weighted by Gasteiger charge is 2.32. The minimum atomic E-state index is 0.289. The molecule has 1 aliphatic rings. The Morgan fingerprint density at radius 3 is 2.30 bits per heavy atom. The van der Waals surface area contributed by atoms with Crippen molar-refractivity contribution < 1.29 is 4.81 Å². The van der Waals surface area contributed by atoms with Gasteiger partial charge in [0, 0.05) is 0 Å². The molecule has 1 atom stereocenters. The average molecular weight is 142 g/mol. The van der Waals surface area contributed by atoms with Crippen molar-refractivity contribution in [2.45, 2.75) is 26.8 Å². The van der Waals surface area contributed by atoms with Crippen LogP contribution in [0.3, 0.4) is 0 Å². The summed E-state index contributed by atoms with van der Waals surface area (Å²) in [5, 5.41) is 4.38. The van der Waals surface area contributed by atoms with Crippen LogP contribution >= 0.6 is 0 Å². The predicted octanol–water partition coefficient (Wildman–Crippen LogP) is 1.01. The number of nitrogens with zero attached hydrogens (tertiary/aromatic N) is 2. The van der Waals surface area contributed by atoms with Crippen LogP contribution < -0.4 is 5.43 Å². The molecular formula is C7H16N3+. The second-order valence-corrected chi connectivity index (χ2v) is 3.88. The highest BCUT2D eigenvalue weighted by Crippen LogP contribution is 2.23. The maximum atomic E-state index is 4.38. The van der Waals surface area contributed by atoms with Crippen LogP contribution in [0.5, 0.6) is 0 Å². The maximum absolute atomic E-state index is 4.38. The van der Waals surface area contributed by atoms with Crippen LogP contribution in [0, 0.1) is 5.41 Å². The molecule has 0 aromatic carbocycles. The van der Waals surface area contributed by atoms with Crippen molar-refractivity contribution in [3.8, 4) is 0 Å². The molecule has 1 heterocycles. The molecule has 1 rings (SSSR count). The molecular weight excluding hydrogens is 126 g/mol. The summed E-state index contributed by atoms with van der Waals surface area (Å²) in [7, 11) is 1.94. The van der Waals surface area contributed by atoms with Gasteiger partial charge in [-0.25, -0.2) is 0 Å². The van der Waals surface area contributed by atoms with Crippen molar-refractivity contribution in [3.63, 3.8) is 0 Å². The van der Waals surface area contributed by atoms with Gasteiger partial charge in [-0.15, -0.1) is 0 Å². The number of hydrogen-bond donors (Lipinski definition) is 1. The van der Waals surface area contributed by atoms with E-state index in [4.69, 9.17) is 0 Å². The summed E-state index contributed by atoms with van der Waals surface area (Å²) in [5.74, 6) is 0. The fourth-order valence-corrected chi connectivity index (χ4v) is 0.989. The molecule has 0 spiro atoms. The van der Waals surface area contributed by atoms with Crippen LogP contribution in [0.25, 0.3) is 0 Å². The van der Waals surface area contributed by atoms with E-state index >= 15 is 0 Å². The molecule has 0 aromatic heterocycles. The van der Waals surface area contributed by atoms with Gasteiger partial charge in [0.25, 0.3) is 0 Å². The van der Waals surface area contributed by atoms with Gasteiger partial charge in [-0.1, -0.05) is 20.8 Å². The van der Waals surface area contributed by atoms with Crippen LogP contribution in [0.15, 0.2) is 5.11 Å². The van der Waals surface area contributed by atoms with Gasteiger partial charge >= 0.3 is 0 Å². The molecule has 0 radical (unpaired) electrons. The lowest BCUT2D eigenvalue weighted by Crippen LogP contribution is -2.29. The summed E-state index contributed by atoms with van der Waals surface area (Å²) in [6.07, 6.45) is 0. The molecule has 3 nitrogen and oxygen atoms in total. The topological polar surface area (TPSA) is 27.4 Å². The second kappa shape index (κ2) is 2.22. The molecule has 0 saturated carbocycles. The minimum Gasteiger partial charge on any atom is -0.172 e. The monoisotopic (exact) mass is 142 g/mol. The van der Waals surface area contributed by atoms with Gasteiger partial charge in [0.2, 0.25) is 0 Å². The summed E-state index contributed by atoms with van der Waals surface area (Å²) in [6.45, 7) is 7.60. The zero-order valence-electron chi connectivity index (χ0n) is 7.18. The van der Waals surface area contributed by atoms with Gasteiger partial charge < -0.3 is 0 Å². The van der Waals surface area contributed by atoms with Crippen molar-refractivity contribution in [1.29, 1.82) is 0 Å². The number of nitrogens with one attached hydrogen (secondary N) is 1. The van der Waals surface area contributed by atoms with Crippen LogP contribution in [-0.4, -0.2) is 24.4 Å². The van der Waals surface area contributed by atoms with E-state index in [2.05, 4.69) is 31.3 Å². The quantitative estimate of drug-likeness (QED) is 0.502. The zero-order chi connectivity index (χ0) is 7.78. The van der Waals surface area contributed by atoms with E-state index in [1.165, 1.54) is 0 Å². The van der Waals surface area contributed by atoms with E-state index in [9.17, 15) is 0 Å². The lowest BCUT2D eigenvalue weighted by Gasteiger charge is -2.18. The van der Waals surface area contributed by atoms with E-state index in [0.717, 1.165) is 6.54 Å². The summed E-state index contributed by atoms with van der Waals surface area (Å²) in [6, 6.07) is 0.428. The molecule has 0 aromatic rings. The fraction of sp³-hybridized carbons (Fsp3) is 1.00. The third-order valence-corrected chi connectivity index (χ3v) is 1.83. The van der Waals surface area contributed by atoms with Crippen molar-refractivity contribution in [2.75, 3.05) is 13.6 Å². The number of hydrogen-bond acceptors (Lipinski definition) is 2. The number of azo groups is 1. The van der Waals surface area contributed by atoms with E-state index in [-0.39, 0.29) is 5.41 Å². The Bertz CT molecular complexity index is 155. The molecule has 0 aliphatic carbocycles. The smallest absolute Gasteiger partial charge is 0.172 e. The Morgan fingerprint density at radius 2 is 2.10 bits per heavy atom. The number of hydrazine groups is 1. The predicted molar refractivity (Wildman–Crippen MR) is 39.9 cm³/mol. The van der Waals surface area contributed by atoms with Gasteiger partial charge in [0.05, 0.1) is 0 Å². The highest BCUT2D eigenvalue weighted by atomic mass is 15.6. The van der Waals surface area contributed by atoms with Crippen molar-refractivity contribution in [3.05, 3.63) is 0 Å². The Balaban J connectivity index is 2.61. The van der Waals surface area contributed by atoms with E-state index < -0.39 is 0 Å². The molecule has 1 unspecified atom stereocenters. The van der Waals surface area contributed by atoms with Crippen LogP contribution in [0.4, 0.5) is 0 Å². The first-order valence-corrected chi connectivity index (χ1v) is 3.68. The Morgan fingerprint density at radius 1 is 1.50 bits per heavy atom. The molecule has 58 valence electrons. The molecule has 1 aliphatic heterocycles. The van der Waals surface area contributed by atoms with Crippen LogP contribution in [0.2, 0.25) is 0 Å². The lowest BCUT2D eigenvalue weighted by atomic mass is 9.88. The first-order chi connectivity index (χ1) is 4.50. The van der Waals surface area contributed by atoms with Gasteiger partial charge in [-0.3, -0.25) is 0 Å². The van der Waals surface area contributed by atoms with Gasteiger partial charge in [0.15, 0.2) is 7.05 Å². The maximum Gasteiger partial charge on any atom is 0.190 e. The molecule has 0 amide bonds. The molecule has 0 fully saturated rings. The van der Waals surface area contributed by atoms with Crippen LogP contribution in [-0.2, 0) is 0 Å². The third kappa shape index (κ3) is 1.46. The largest absolute Gasteiger partial charge is 0.190 e. The summed E-state index contributed by atoms with van der Waals surface area (Å²) in [4.78, 5) is 1.80. The third-order valence-electron chi connectivity index (χ3n) is 1.83. The van der Waals surface area contributed by atoms with E-state index in [1.54, 1.807) is 4.81 Å². The molecule has 1 N–H and O–H groups in total. The van der Waals surface area contributed by atoms with Gasteiger partial charge in [-0.05, 0) is 15.3 Å². The summed E-state index contributed by atoms with van der Waals surface area (Å²) >= 11 is 0. The van der Waals surface area contributed by atoms with E-state index in [0.29, 0.717) is 6.04 Å². The summed E-state index contributed by atoms with van der Waals surface area (Å²) < 4.78 is 0. The van der Waals surface area contributed by atoms with Crippen molar-refractivity contribution in [1.82, 2.24) is 5.43 Å². The first kappa shape index (κ1) is 7.51. The summed E-state index contributed by atoms with van der Waals surface area (Å²) in [5.41, 5.74) is 3.43. The standard InChI is InChI=1S/C7H16N3/c1-7(2,3)6-5-8-10(4)9-6/h6H,5H2,1-4H3,(H,8,9)/q+1. The van der Waals surface area contributed by atoms with Crippen LogP contribution in [0.1, 0.15) is 20.8 Å². The Hall–Kier alpha value is -0.600. The Kier molecular flexibility index (Phi) is 1.67. The highest BCUT2D eigenvalue weighted by molar-refractivity contribution is 4.80. The van der Waals surface area contributed by atoms with E-state index in [1.807, 2.05) is 7.05 Å². The number of rotatable bonds is 0. The Labute approximate surface area is 62.1 Å². The molecule has 3 heteroatoms. The molecule has 0 saturated heterocycles. The van der Waals surface area contributed by atoms with Gasteiger partial charge in [0.1, 0.15) is 12.6 Å². The normalized spacial score (nSPS) is 26.0. The first-order valence-electron chi connectivity index (χ1n) is 3.68.